The van der Waals surface area contributed by atoms with Crippen molar-refractivity contribution in [2.24, 2.45) is 0 Å². The number of hydrogen-bond donors (Lipinski definition) is 1. The average Bonchev–Trinajstić information content (AvgIpc) is 2.58. The molecule has 0 spiro atoms. The molecule has 2 aromatic rings. The van der Waals surface area contributed by atoms with Gasteiger partial charge in [0, 0.05) is 30.7 Å². The van der Waals surface area contributed by atoms with E-state index in [4.69, 9.17) is 0 Å². The van der Waals surface area contributed by atoms with Crippen LogP contribution in [0.2, 0.25) is 0 Å². The Bertz CT molecular complexity index is 678. The minimum atomic E-state index is -0.164. The summed E-state index contributed by atoms with van der Waals surface area (Å²) in [6.45, 7) is 10.1. The minimum absolute atomic E-state index is 0.164. The minimum Gasteiger partial charge on any atom is -0.372 e. The fourth-order valence-electron chi connectivity index (χ4n) is 2.71. The van der Waals surface area contributed by atoms with Crippen molar-refractivity contribution in [2.45, 2.75) is 34.1 Å². The summed E-state index contributed by atoms with van der Waals surface area (Å²) in [6.07, 6.45) is 2.57. The molecule has 0 saturated heterocycles. The standard InChI is InChI=1S/C19H25N3O/c1-5-15-10-8-9-14(4)18(15)21-19(23)17-13-16(11-12-20-17)22(6-2)7-3/h8-13H,5-7H2,1-4H3,(H,21,23). The predicted molar refractivity (Wildman–Crippen MR) is 96.3 cm³/mol. The zero-order chi connectivity index (χ0) is 16.8. The number of rotatable bonds is 6. The molecule has 0 fully saturated rings. The van der Waals surface area contributed by atoms with Gasteiger partial charge in [0.2, 0.25) is 0 Å². The summed E-state index contributed by atoms with van der Waals surface area (Å²) in [5.74, 6) is -0.164. The van der Waals surface area contributed by atoms with Crippen LogP contribution < -0.4 is 10.2 Å². The third-order valence-corrected chi connectivity index (χ3v) is 4.08. The van der Waals surface area contributed by atoms with Gasteiger partial charge in [-0.3, -0.25) is 9.78 Å². The van der Waals surface area contributed by atoms with Gasteiger partial charge in [0.05, 0.1) is 0 Å². The molecule has 0 atom stereocenters. The lowest BCUT2D eigenvalue weighted by atomic mass is 10.1. The fourth-order valence-corrected chi connectivity index (χ4v) is 2.71. The highest BCUT2D eigenvalue weighted by molar-refractivity contribution is 6.04. The Labute approximate surface area is 138 Å². The van der Waals surface area contributed by atoms with E-state index in [-0.39, 0.29) is 5.91 Å². The summed E-state index contributed by atoms with van der Waals surface area (Å²) in [7, 11) is 0. The van der Waals surface area contributed by atoms with Gasteiger partial charge in [0.1, 0.15) is 5.69 Å². The first-order valence-corrected chi connectivity index (χ1v) is 8.21. The molecule has 4 heteroatoms. The molecule has 1 amide bonds. The van der Waals surface area contributed by atoms with Gasteiger partial charge in [0.25, 0.3) is 5.91 Å². The van der Waals surface area contributed by atoms with E-state index in [1.54, 1.807) is 6.20 Å². The monoisotopic (exact) mass is 311 g/mol. The molecule has 2 rings (SSSR count). The lowest BCUT2D eigenvalue weighted by Crippen LogP contribution is -2.23. The van der Waals surface area contributed by atoms with E-state index in [2.05, 4.69) is 36.0 Å². The molecule has 0 aliphatic carbocycles. The first-order chi connectivity index (χ1) is 11.1. The third-order valence-electron chi connectivity index (χ3n) is 4.08. The molecule has 1 aromatic heterocycles. The highest BCUT2D eigenvalue weighted by atomic mass is 16.1. The Hall–Kier alpha value is -2.36. The van der Waals surface area contributed by atoms with E-state index in [0.29, 0.717) is 5.69 Å². The van der Waals surface area contributed by atoms with Crippen LogP contribution in [-0.2, 0) is 6.42 Å². The number of aryl methyl sites for hydroxylation is 2. The molecule has 1 aromatic carbocycles. The van der Waals surface area contributed by atoms with Crippen LogP contribution in [0.5, 0.6) is 0 Å². The summed E-state index contributed by atoms with van der Waals surface area (Å²) in [4.78, 5) is 19.0. The van der Waals surface area contributed by atoms with Crippen molar-refractivity contribution in [3.05, 3.63) is 53.3 Å². The summed E-state index contributed by atoms with van der Waals surface area (Å²) in [5, 5.41) is 3.03. The molecule has 1 heterocycles. The van der Waals surface area contributed by atoms with Crippen molar-refractivity contribution in [3.63, 3.8) is 0 Å². The summed E-state index contributed by atoms with van der Waals surface area (Å²) in [6, 6.07) is 9.86. The number of carbonyl (C=O) groups is 1. The Balaban J connectivity index is 2.27. The smallest absolute Gasteiger partial charge is 0.274 e. The maximum atomic E-state index is 12.6. The molecule has 0 radical (unpaired) electrons. The number of aromatic nitrogens is 1. The van der Waals surface area contributed by atoms with Crippen LogP contribution in [0, 0.1) is 6.92 Å². The van der Waals surface area contributed by atoms with Crippen LogP contribution in [0.1, 0.15) is 42.4 Å². The van der Waals surface area contributed by atoms with E-state index in [0.717, 1.165) is 42.0 Å². The van der Waals surface area contributed by atoms with Crippen molar-refractivity contribution >= 4 is 17.3 Å². The Morgan fingerprint density at radius 1 is 1.17 bits per heavy atom. The predicted octanol–water partition coefficient (Wildman–Crippen LogP) is 4.05. The van der Waals surface area contributed by atoms with Crippen LogP contribution >= 0.6 is 0 Å². The molecule has 0 saturated carbocycles. The van der Waals surface area contributed by atoms with Gasteiger partial charge in [0.15, 0.2) is 0 Å². The maximum absolute atomic E-state index is 12.6. The zero-order valence-corrected chi connectivity index (χ0v) is 14.4. The number of para-hydroxylation sites is 1. The van der Waals surface area contributed by atoms with Crippen molar-refractivity contribution in [1.29, 1.82) is 0 Å². The molecule has 0 bridgehead atoms. The van der Waals surface area contributed by atoms with Crippen molar-refractivity contribution in [2.75, 3.05) is 23.3 Å². The topological polar surface area (TPSA) is 45.2 Å². The van der Waals surface area contributed by atoms with Gasteiger partial charge in [-0.1, -0.05) is 25.1 Å². The first kappa shape index (κ1) is 17.0. The van der Waals surface area contributed by atoms with Crippen molar-refractivity contribution in [3.8, 4) is 0 Å². The maximum Gasteiger partial charge on any atom is 0.274 e. The van der Waals surface area contributed by atoms with Crippen molar-refractivity contribution in [1.82, 2.24) is 4.98 Å². The molecule has 122 valence electrons. The van der Waals surface area contributed by atoms with Crippen LogP contribution in [0.15, 0.2) is 36.5 Å². The van der Waals surface area contributed by atoms with E-state index in [1.807, 2.05) is 37.3 Å². The first-order valence-electron chi connectivity index (χ1n) is 8.21. The molecule has 4 nitrogen and oxygen atoms in total. The Kier molecular flexibility index (Phi) is 5.74. The molecule has 0 aliphatic heterocycles. The van der Waals surface area contributed by atoms with Gasteiger partial charge in [-0.05, 0) is 50.5 Å². The van der Waals surface area contributed by atoms with Gasteiger partial charge >= 0.3 is 0 Å². The van der Waals surface area contributed by atoms with Crippen LogP contribution in [-0.4, -0.2) is 24.0 Å². The molecule has 0 aliphatic rings. The lowest BCUT2D eigenvalue weighted by Gasteiger charge is -2.21. The van der Waals surface area contributed by atoms with Gasteiger partial charge < -0.3 is 10.2 Å². The Morgan fingerprint density at radius 2 is 1.91 bits per heavy atom. The highest BCUT2D eigenvalue weighted by Gasteiger charge is 2.13. The van der Waals surface area contributed by atoms with Crippen LogP contribution in [0.25, 0.3) is 0 Å². The average molecular weight is 311 g/mol. The lowest BCUT2D eigenvalue weighted by molar-refractivity contribution is 0.102. The molecular weight excluding hydrogens is 286 g/mol. The highest BCUT2D eigenvalue weighted by Crippen LogP contribution is 2.22. The number of amides is 1. The zero-order valence-electron chi connectivity index (χ0n) is 14.4. The molecule has 1 N–H and O–H groups in total. The summed E-state index contributed by atoms with van der Waals surface area (Å²) >= 11 is 0. The number of pyridine rings is 1. The third kappa shape index (κ3) is 3.89. The quantitative estimate of drug-likeness (QED) is 0.875. The fraction of sp³-hybridized carbons (Fsp3) is 0.368. The SMILES string of the molecule is CCc1cccc(C)c1NC(=O)c1cc(N(CC)CC)ccn1. The normalized spacial score (nSPS) is 10.4. The second kappa shape index (κ2) is 7.77. The number of hydrogen-bond acceptors (Lipinski definition) is 3. The van der Waals surface area contributed by atoms with E-state index in [9.17, 15) is 4.79 Å². The molecule has 23 heavy (non-hydrogen) atoms. The van der Waals surface area contributed by atoms with E-state index < -0.39 is 0 Å². The summed E-state index contributed by atoms with van der Waals surface area (Å²) < 4.78 is 0. The largest absolute Gasteiger partial charge is 0.372 e. The van der Waals surface area contributed by atoms with Gasteiger partial charge in [-0.25, -0.2) is 0 Å². The second-order valence-electron chi connectivity index (χ2n) is 5.49. The van der Waals surface area contributed by atoms with Gasteiger partial charge in [-0.2, -0.15) is 0 Å². The van der Waals surface area contributed by atoms with Crippen LogP contribution in [0.4, 0.5) is 11.4 Å². The summed E-state index contributed by atoms with van der Waals surface area (Å²) in [5.41, 5.74) is 4.57. The molecular formula is C19H25N3O. The van der Waals surface area contributed by atoms with Crippen molar-refractivity contribution < 1.29 is 4.79 Å². The number of carbonyl (C=O) groups excluding carboxylic acids is 1. The van der Waals surface area contributed by atoms with Gasteiger partial charge in [-0.15, -0.1) is 0 Å². The number of anilines is 2. The number of nitrogens with one attached hydrogen (secondary N) is 1. The van der Waals surface area contributed by atoms with E-state index >= 15 is 0 Å². The van der Waals surface area contributed by atoms with Crippen LogP contribution in [0.3, 0.4) is 0 Å². The molecule has 0 unspecified atom stereocenters. The Morgan fingerprint density at radius 3 is 2.57 bits per heavy atom. The van der Waals surface area contributed by atoms with E-state index in [1.165, 1.54) is 0 Å². The number of benzene rings is 1. The number of nitrogens with zero attached hydrogens (tertiary/aromatic N) is 2. The second-order valence-corrected chi connectivity index (χ2v) is 5.49.